The average Bonchev–Trinajstić information content (AvgIpc) is 2.16. The van der Waals surface area contributed by atoms with Crippen molar-refractivity contribution in [2.75, 3.05) is 0 Å². The van der Waals surface area contributed by atoms with Crippen LogP contribution in [-0.2, 0) is 15.7 Å². The largest absolute Gasteiger partial charge is 0.505 e. The summed E-state index contributed by atoms with van der Waals surface area (Å²) in [5.41, 5.74) is 0.855. The Labute approximate surface area is 87.8 Å². The molecule has 0 atom stereocenters. The predicted molar refractivity (Wildman–Crippen MR) is 54.2 cm³/mol. The lowest BCUT2D eigenvalue weighted by atomic mass is 10.1. The number of benzene rings is 1. The van der Waals surface area contributed by atoms with Gasteiger partial charge in [-0.3, -0.25) is 0 Å². The number of aryl methyl sites for hydroxylation is 1. The van der Waals surface area contributed by atoms with Crippen LogP contribution in [0.3, 0.4) is 0 Å². The maximum absolute atomic E-state index is 10.4. The Balaban J connectivity index is 2.71. The zero-order chi connectivity index (χ0) is 11.3. The van der Waals surface area contributed by atoms with E-state index in [-0.39, 0.29) is 0 Å². The monoisotopic (exact) mass is 232 g/mol. The molecule has 0 saturated heterocycles. The van der Waals surface area contributed by atoms with Gasteiger partial charge >= 0.3 is 7.82 Å². The number of hydrogen-bond donors (Lipinski definition) is 2. The van der Waals surface area contributed by atoms with Crippen LogP contribution in [-0.4, -0.2) is 9.79 Å². The van der Waals surface area contributed by atoms with Crippen molar-refractivity contribution in [1.29, 1.82) is 0 Å². The number of hydrogen-bond acceptors (Lipinski definition) is 3. The molecule has 0 radical (unpaired) electrons. The van der Waals surface area contributed by atoms with Gasteiger partial charge in [-0.2, -0.15) is 0 Å². The van der Waals surface area contributed by atoms with E-state index in [9.17, 15) is 4.57 Å². The van der Waals surface area contributed by atoms with E-state index in [1.54, 1.807) is 12.1 Å². The molecule has 1 rings (SSSR count). The quantitative estimate of drug-likeness (QED) is 0.461. The van der Waals surface area contributed by atoms with E-state index in [2.05, 4.69) is 9.56 Å². The van der Waals surface area contributed by atoms with E-state index >= 15 is 0 Å². The van der Waals surface area contributed by atoms with Crippen LogP contribution in [0.4, 0.5) is 0 Å². The van der Waals surface area contributed by atoms with E-state index in [1.165, 1.54) is 0 Å². The highest BCUT2D eigenvalue weighted by atomic mass is 31.2. The van der Waals surface area contributed by atoms with Crippen LogP contribution in [0.25, 0.3) is 0 Å². The summed E-state index contributed by atoms with van der Waals surface area (Å²) in [4.78, 5) is 21.5. The Hall–Kier alpha value is -0.870. The third-order valence-corrected chi connectivity index (χ3v) is 1.98. The summed E-state index contributed by atoms with van der Waals surface area (Å²) in [6.45, 7) is 2.00. The van der Waals surface area contributed by atoms with E-state index in [4.69, 9.17) is 9.79 Å². The Morgan fingerprint density at radius 1 is 1.33 bits per heavy atom. The topological polar surface area (TPSA) is 76.0 Å². The van der Waals surface area contributed by atoms with Gasteiger partial charge in [-0.15, -0.1) is 0 Å². The number of phosphoric acid groups is 1. The maximum Gasteiger partial charge on any atom is 0.505 e. The van der Waals surface area contributed by atoms with Gasteiger partial charge in [-0.05, 0) is 18.1 Å². The molecule has 0 heterocycles. The van der Waals surface area contributed by atoms with Crippen molar-refractivity contribution in [3.63, 3.8) is 0 Å². The molecule has 0 fully saturated rings. The first-order chi connectivity index (χ1) is 7.03. The van der Waals surface area contributed by atoms with E-state index < -0.39 is 7.82 Å². The smallest absolute Gasteiger partial charge is 0.327 e. The third-order valence-electron chi connectivity index (χ3n) is 1.72. The Morgan fingerprint density at radius 2 is 2.00 bits per heavy atom. The summed E-state index contributed by atoms with van der Waals surface area (Å²) in [7, 11) is -4.59. The molecule has 84 valence electrons. The van der Waals surface area contributed by atoms with Crippen LogP contribution < -0.4 is 4.89 Å². The summed E-state index contributed by atoms with van der Waals surface area (Å²) in [6.07, 6.45) is 1.68. The van der Waals surface area contributed by atoms with Gasteiger partial charge in [0, 0.05) is 0 Å². The van der Waals surface area contributed by atoms with Gasteiger partial charge in [0.25, 0.3) is 0 Å². The van der Waals surface area contributed by atoms with Crippen LogP contribution in [0.2, 0.25) is 0 Å². The molecule has 0 unspecified atom stereocenters. The van der Waals surface area contributed by atoms with Crippen molar-refractivity contribution in [1.82, 2.24) is 0 Å². The van der Waals surface area contributed by atoms with Gasteiger partial charge < -0.3 is 14.7 Å². The summed E-state index contributed by atoms with van der Waals surface area (Å²) >= 11 is 0. The molecule has 6 heteroatoms. The number of rotatable bonds is 5. The SMILES string of the molecule is CCCc1ccccc1OOP(=O)(O)O. The van der Waals surface area contributed by atoms with Crippen LogP contribution in [0.15, 0.2) is 24.3 Å². The molecule has 15 heavy (non-hydrogen) atoms. The van der Waals surface area contributed by atoms with Gasteiger partial charge in [0.15, 0.2) is 5.75 Å². The highest BCUT2D eigenvalue weighted by molar-refractivity contribution is 7.46. The second kappa shape index (κ2) is 5.28. The molecular formula is C9H13O5P. The minimum absolute atomic E-state index is 0.336. The normalized spacial score (nSPS) is 11.4. The van der Waals surface area contributed by atoms with Gasteiger partial charge in [0.05, 0.1) is 0 Å². The molecule has 0 aliphatic carbocycles. The Kier molecular flexibility index (Phi) is 4.29. The fourth-order valence-corrected chi connectivity index (χ4v) is 1.33. The molecule has 0 aromatic heterocycles. The van der Waals surface area contributed by atoms with Crippen molar-refractivity contribution < 1.29 is 23.9 Å². The van der Waals surface area contributed by atoms with Crippen LogP contribution in [0.1, 0.15) is 18.9 Å². The molecule has 0 amide bonds. The Morgan fingerprint density at radius 3 is 2.60 bits per heavy atom. The summed E-state index contributed by atoms with van der Waals surface area (Å²) in [6, 6.07) is 6.95. The molecule has 1 aromatic carbocycles. The standard InChI is InChI=1S/C9H13O5P/c1-2-5-8-6-3-4-7-9(8)13-14-15(10,11)12/h3-4,6-7H,2,5H2,1H3,(H2,10,11,12). The Bertz CT molecular complexity index is 359. The minimum Gasteiger partial charge on any atom is -0.327 e. The van der Waals surface area contributed by atoms with E-state index in [1.807, 2.05) is 19.1 Å². The molecule has 2 N–H and O–H groups in total. The minimum atomic E-state index is -4.59. The molecule has 0 aliphatic heterocycles. The van der Waals surface area contributed by atoms with Crippen molar-refractivity contribution in [2.24, 2.45) is 0 Å². The fourth-order valence-electron chi connectivity index (χ4n) is 1.15. The van der Waals surface area contributed by atoms with Crippen molar-refractivity contribution >= 4 is 7.82 Å². The van der Waals surface area contributed by atoms with Gasteiger partial charge in [-0.25, -0.2) is 4.57 Å². The van der Waals surface area contributed by atoms with Gasteiger partial charge in [-0.1, -0.05) is 36.2 Å². The first-order valence-corrected chi connectivity index (χ1v) is 6.05. The van der Waals surface area contributed by atoms with Crippen LogP contribution in [0.5, 0.6) is 5.75 Å². The molecule has 1 aromatic rings. The third kappa shape index (κ3) is 4.44. The molecule has 0 aliphatic rings. The number of para-hydroxylation sites is 1. The lowest BCUT2D eigenvalue weighted by molar-refractivity contribution is -0.123. The molecule has 0 spiro atoms. The van der Waals surface area contributed by atoms with Crippen LogP contribution in [0, 0.1) is 0 Å². The lowest BCUT2D eigenvalue weighted by Gasteiger charge is -2.08. The molecule has 0 bridgehead atoms. The first-order valence-electron chi connectivity index (χ1n) is 4.52. The summed E-state index contributed by atoms with van der Waals surface area (Å²) in [5.74, 6) is 0.336. The van der Waals surface area contributed by atoms with Crippen LogP contribution >= 0.6 is 7.82 Å². The van der Waals surface area contributed by atoms with Gasteiger partial charge in [0.2, 0.25) is 0 Å². The first kappa shape index (κ1) is 12.2. The predicted octanol–water partition coefficient (Wildman–Crippen LogP) is 2.04. The zero-order valence-electron chi connectivity index (χ0n) is 8.29. The highest BCUT2D eigenvalue weighted by Gasteiger charge is 2.17. The van der Waals surface area contributed by atoms with Gasteiger partial charge in [0.1, 0.15) is 0 Å². The second-order valence-electron chi connectivity index (χ2n) is 3.01. The lowest BCUT2D eigenvalue weighted by Crippen LogP contribution is -1.97. The molecule has 0 saturated carbocycles. The van der Waals surface area contributed by atoms with Crippen molar-refractivity contribution in [3.8, 4) is 5.75 Å². The van der Waals surface area contributed by atoms with E-state index in [0.717, 1.165) is 18.4 Å². The summed E-state index contributed by atoms with van der Waals surface area (Å²) in [5, 5.41) is 0. The molecular weight excluding hydrogens is 219 g/mol. The summed E-state index contributed by atoms with van der Waals surface area (Å²) < 4.78 is 14.4. The maximum atomic E-state index is 10.4. The van der Waals surface area contributed by atoms with E-state index in [0.29, 0.717) is 5.75 Å². The molecule has 5 nitrogen and oxygen atoms in total. The highest BCUT2D eigenvalue weighted by Crippen LogP contribution is 2.37. The zero-order valence-corrected chi connectivity index (χ0v) is 9.18. The average molecular weight is 232 g/mol. The van der Waals surface area contributed by atoms with Crippen molar-refractivity contribution in [3.05, 3.63) is 29.8 Å². The second-order valence-corrected chi connectivity index (χ2v) is 4.14. The fraction of sp³-hybridized carbons (Fsp3) is 0.333. The van der Waals surface area contributed by atoms with Crippen molar-refractivity contribution in [2.45, 2.75) is 19.8 Å².